The van der Waals surface area contributed by atoms with Crippen molar-refractivity contribution in [1.29, 1.82) is 0 Å². The lowest BCUT2D eigenvalue weighted by atomic mass is 9.86. The van der Waals surface area contributed by atoms with E-state index in [4.69, 9.17) is 9.47 Å². The van der Waals surface area contributed by atoms with Crippen molar-refractivity contribution in [2.45, 2.75) is 39.5 Å². The Bertz CT molecular complexity index is 1090. The Morgan fingerprint density at radius 3 is 1.79 bits per heavy atom. The van der Waals surface area contributed by atoms with Gasteiger partial charge in [-0.15, -0.1) is 0 Å². The summed E-state index contributed by atoms with van der Waals surface area (Å²) in [7, 11) is 2.95. The van der Waals surface area contributed by atoms with Crippen molar-refractivity contribution >= 4 is 21.5 Å². The first kappa shape index (κ1) is 20.2. The SMILES string of the molecule is COc1c(C(C)C)cc(OC)c2c(C(C)C)c3c(F)c(F)c(F)c(F)c3cc12. The van der Waals surface area contributed by atoms with Crippen molar-refractivity contribution in [1.82, 2.24) is 0 Å². The Labute approximate surface area is 161 Å². The second-order valence-electron chi connectivity index (χ2n) is 7.40. The zero-order chi connectivity index (χ0) is 20.9. The molecule has 2 nitrogen and oxygen atoms in total. The molecule has 0 saturated heterocycles. The van der Waals surface area contributed by atoms with Crippen molar-refractivity contribution < 1.29 is 27.0 Å². The molecule has 3 rings (SSSR count). The minimum atomic E-state index is -1.83. The molecular weight excluding hydrogens is 372 g/mol. The molecule has 0 heterocycles. The molecule has 28 heavy (non-hydrogen) atoms. The second kappa shape index (κ2) is 7.15. The van der Waals surface area contributed by atoms with E-state index in [2.05, 4.69) is 0 Å². The average Bonchev–Trinajstić information content (AvgIpc) is 2.67. The first-order chi connectivity index (χ1) is 13.1. The predicted molar refractivity (Wildman–Crippen MR) is 103 cm³/mol. The van der Waals surface area contributed by atoms with E-state index in [9.17, 15) is 17.6 Å². The lowest BCUT2D eigenvalue weighted by molar-refractivity contribution is 0.404. The third-order valence-electron chi connectivity index (χ3n) is 5.06. The standard InChI is InChI=1S/C22H22F4O2/c1-9(2)11-8-14(27-5)16-13(22(11)28-6)7-12-17(15(16)10(3)4)19(24)21(26)20(25)18(12)23/h7-10H,1-6H3. The van der Waals surface area contributed by atoms with E-state index in [-0.39, 0.29) is 22.6 Å². The van der Waals surface area contributed by atoms with Crippen LogP contribution in [-0.4, -0.2) is 14.2 Å². The fraction of sp³-hybridized carbons (Fsp3) is 0.364. The number of halogens is 4. The van der Waals surface area contributed by atoms with Crippen LogP contribution >= 0.6 is 0 Å². The molecule has 0 aromatic heterocycles. The molecule has 6 heteroatoms. The Morgan fingerprint density at radius 1 is 0.679 bits per heavy atom. The zero-order valence-corrected chi connectivity index (χ0v) is 16.6. The van der Waals surface area contributed by atoms with Crippen LogP contribution in [0.4, 0.5) is 17.6 Å². The quantitative estimate of drug-likeness (QED) is 0.209. The summed E-state index contributed by atoms with van der Waals surface area (Å²) in [6.45, 7) is 7.47. The van der Waals surface area contributed by atoms with Crippen LogP contribution in [0.3, 0.4) is 0 Å². The van der Waals surface area contributed by atoms with Gasteiger partial charge in [-0.3, -0.25) is 0 Å². The van der Waals surface area contributed by atoms with E-state index in [1.54, 1.807) is 19.9 Å². The number of hydrogen-bond donors (Lipinski definition) is 0. The summed E-state index contributed by atoms with van der Waals surface area (Å²) in [5.41, 5.74) is 1.15. The van der Waals surface area contributed by atoms with Gasteiger partial charge in [0.2, 0.25) is 0 Å². The van der Waals surface area contributed by atoms with Crippen LogP contribution in [0.1, 0.15) is 50.7 Å². The maximum atomic E-state index is 14.8. The van der Waals surface area contributed by atoms with Gasteiger partial charge in [0.25, 0.3) is 0 Å². The predicted octanol–water partition coefficient (Wildman–Crippen LogP) is 6.81. The lowest BCUT2D eigenvalue weighted by Gasteiger charge is -2.22. The van der Waals surface area contributed by atoms with Crippen LogP contribution < -0.4 is 9.47 Å². The summed E-state index contributed by atoms with van der Waals surface area (Å²) in [6, 6.07) is 3.10. The summed E-state index contributed by atoms with van der Waals surface area (Å²) in [4.78, 5) is 0. The maximum absolute atomic E-state index is 14.8. The minimum Gasteiger partial charge on any atom is -0.496 e. The van der Waals surface area contributed by atoms with Gasteiger partial charge < -0.3 is 9.47 Å². The van der Waals surface area contributed by atoms with Gasteiger partial charge in [0.15, 0.2) is 23.3 Å². The first-order valence-corrected chi connectivity index (χ1v) is 9.02. The van der Waals surface area contributed by atoms with Crippen molar-refractivity contribution in [3.05, 3.63) is 46.5 Å². The number of ether oxygens (including phenoxy) is 2. The fourth-order valence-electron chi connectivity index (χ4n) is 3.81. The molecule has 0 unspecified atom stereocenters. The molecule has 0 atom stereocenters. The first-order valence-electron chi connectivity index (χ1n) is 9.02. The number of fused-ring (bicyclic) bond motifs is 2. The molecule has 0 aliphatic rings. The number of methoxy groups -OCH3 is 2. The van der Waals surface area contributed by atoms with Gasteiger partial charge in [-0.25, -0.2) is 17.6 Å². The molecule has 0 amide bonds. The highest BCUT2D eigenvalue weighted by molar-refractivity contribution is 6.08. The zero-order valence-electron chi connectivity index (χ0n) is 16.6. The summed E-state index contributed by atoms with van der Waals surface area (Å²) < 4.78 is 68.5. The van der Waals surface area contributed by atoms with Crippen LogP contribution in [0.2, 0.25) is 0 Å². The highest BCUT2D eigenvalue weighted by atomic mass is 19.2. The van der Waals surface area contributed by atoms with E-state index in [0.29, 0.717) is 27.8 Å². The molecule has 0 aliphatic carbocycles. The number of hydrogen-bond acceptors (Lipinski definition) is 2. The molecule has 0 fully saturated rings. The van der Waals surface area contributed by atoms with E-state index in [1.165, 1.54) is 20.3 Å². The van der Waals surface area contributed by atoms with E-state index in [1.807, 2.05) is 13.8 Å². The molecule has 3 aromatic rings. The smallest absolute Gasteiger partial charge is 0.198 e. The Hall–Kier alpha value is -2.50. The molecular formula is C22H22F4O2. The normalized spacial score (nSPS) is 11.9. The van der Waals surface area contributed by atoms with Crippen LogP contribution in [0, 0.1) is 23.3 Å². The van der Waals surface area contributed by atoms with Gasteiger partial charge in [0, 0.05) is 27.1 Å². The van der Waals surface area contributed by atoms with Crippen LogP contribution in [0.15, 0.2) is 12.1 Å². The van der Waals surface area contributed by atoms with Crippen LogP contribution in [0.25, 0.3) is 21.5 Å². The van der Waals surface area contributed by atoms with Crippen LogP contribution in [0.5, 0.6) is 11.5 Å². The van der Waals surface area contributed by atoms with Crippen LogP contribution in [-0.2, 0) is 0 Å². The highest BCUT2D eigenvalue weighted by Crippen LogP contribution is 2.47. The summed E-state index contributed by atoms with van der Waals surface area (Å²) >= 11 is 0. The topological polar surface area (TPSA) is 18.5 Å². The molecule has 0 bridgehead atoms. The molecule has 3 aromatic carbocycles. The Morgan fingerprint density at radius 2 is 1.29 bits per heavy atom. The molecule has 0 N–H and O–H groups in total. The number of benzene rings is 3. The van der Waals surface area contributed by atoms with Gasteiger partial charge in [0.1, 0.15) is 11.5 Å². The second-order valence-corrected chi connectivity index (χ2v) is 7.40. The van der Waals surface area contributed by atoms with Gasteiger partial charge in [-0.1, -0.05) is 27.7 Å². The van der Waals surface area contributed by atoms with E-state index in [0.717, 1.165) is 5.56 Å². The fourth-order valence-corrected chi connectivity index (χ4v) is 3.81. The molecule has 0 saturated carbocycles. The number of rotatable bonds is 4. The van der Waals surface area contributed by atoms with E-state index < -0.39 is 23.3 Å². The maximum Gasteiger partial charge on any atom is 0.198 e. The van der Waals surface area contributed by atoms with Gasteiger partial charge in [-0.05, 0) is 29.5 Å². The molecule has 0 spiro atoms. The molecule has 0 radical (unpaired) electrons. The molecule has 150 valence electrons. The lowest BCUT2D eigenvalue weighted by Crippen LogP contribution is -2.05. The average molecular weight is 394 g/mol. The summed E-state index contributed by atoms with van der Waals surface area (Å²) in [6.07, 6.45) is 0. The summed E-state index contributed by atoms with van der Waals surface area (Å²) in [5, 5.41) is 0.354. The third-order valence-corrected chi connectivity index (χ3v) is 5.06. The van der Waals surface area contributed by atoms with E-state index >= 15 is 0 Å². The van der Waals surface area contributed by atoms with Gasteiger partial charge >= 0.3 is 0 Å². The van der Waals surface area contributed by atoms with Gasteiger partial charge in [0.05, 0.1) is 14.2 Å². The van der Waals surface area contributed by atoms with Crippen molar-refractivity contribution in [3.8, 4) is 11.5 Å². The Balaban J connectivity index is 2.74. The summed E-state index contributed by atoms with van der Waals surface area (Å²) in [5.74, 6) is -5.84. The van der Waals surface area contributed by atoms with Gasteiger partial charge in [-0.2, -0.15) is 0 Å². The van der Waals surface area contributed by atoms with Crippen molar-refractivity contribution in [2.75, 3.05) is 14.2 Å². The highest BCUT2D eigenvalue weighted by Gasteiger charge is 2.28. The van der Waals surface area contributed by atoms with Crippen molar-refractivity contribution in [2.24, 2.45) is 0 Å². The largest absolute Gasteiger partial charge is 0.496 e. The van der Waals surface area contributed by atoms with Crippen molar-refractivity contribution in [3.63, 3.8) is 0 Å². The minimum absolute atomic E-state index is 0.0537. The Kier molecular flexibility index (Phi) is 5.17. The third kappa shape index (κ3) is 2.77. The molecule has 0 aliphatic heterocycles. The monoisotopic (exact) mass is 394 g/mol.